The lowest BCUT2D eigenvalue weighted by Gasteiger charge is -2.07. The van der Waals surface area contributed by atoms with Gasteiger partial charge in [0, 0.05) is 4.47 Å². The first-order chi connectivity index (χ1) is 11.5. The molecule has 0 spiro atoms. The number of carbonyl (C=O) groups is 2. The Morgan fingerprint density at radius 2 is 2.08 bits per heavy atom. The monoisotopic (exact) mass is 392 g/mol. The van der Waals surface area contributed by atoms with Crippen LogP contribution >= 0.6 is 15.9 Å². The topological polar surface area (TPSA) is 81.4 Å². The maximum atomic E-state index is 13.6. The molecule has 0 radical (unpaired) electrons. The van der Waals surface area contributed by atoms with E-state index >= 15 is 0 Å². The number of nitrogens with one attached hydrogen (secondary N) is 1. The van der Waals surface area contributed by atoms with Crippen LogP contribution in [0.4, 0.5) is 10.1 Å². The van der Waals surface area contributed by atoms with Crippen molar-refractivity contribution >= 4 is 44.6 Å². The number of carbonyl (C=O) groups excluding carboxylic acids is 2. The summed E-state index contributed by atoms with van der Waals surface area (Å²) >= 11 is 3.12. The summed E-state index contributed by atoms with van der Waals surface area (Å²) in [6, 6.07) is 8.77. The van der Waals surface area contributed by atoms with Crippen LogP contribution in [0.3, 0.4) is 0 Å². The summed E-state index contributed by atoms with van der Waals surface area (Å²) in [5.74, 6) is -1.93. The van der Waals surface area contributed by atoms with Crippen molar-refractivity contribution in [1.82, 2.24) is 4.98 Å². The van der Waals surface area contributed by atoms with E-state index in [-0.39, 0.29) is 11.3 Å². The molecular formula is C16H10BrFN2O4. The van der Waals surface area contributed by atoms with E-state index in [1.165, 1.54) is 30.7 Å². The minimum atomic E-state index is -0.689. The third kappa shape index (κ3) is 3.60. The molecule has 0 aliphatic heterocycles. The Bertz CT molecular complexity index is 925. The number of anilines is 1. The van der Waals surface area contributed by atoms with Gasteiger partial charge >= 0.3 is 5.97 Å². The SMILES string of the molecule is O=C(COC(=O)c1ccc2ocnc2c1)Nc1ccc(Br)cc1F. The summed E-state index contributed by atoms with van der Waals surface area (Å²) in [4.78, 5) is 27.6. The van der Waals surface area contributed by atoms with Gasteiger partial charge in [0.15, 0.2) is 18.6 Å². The molecular weight excluding hydrogens is 383 g/mol. The van der Waals surface area contributed by atoms with Gasteiger partial charge in [-0.15, -0.1) is 0 Å². The standard InChI is InChI=1S/C16H10BrFN2O4/c17-10-2-3-12(11(18)6-10)20-15(21)7-23-16(22)9-1-4-14-13(5-9)19-8-24-14/h1-6,8H,7H2,(H,20,21). The largest absolute Gasteiger partial charge is 0.452 e. The summed E-state index contributed by atoms with van der Waals surface area (Å²) in [5.41, 5.74) is 1.28. The molecule has 2 aromatic carbocycles. The highest BCUT2D eigenvalue weighted by atomic mass is 79.9. The summed E-state index contributed by atoms with van der Waals surface area (Å²) in [6.45, 7) is -0.537. The number of hydrogen-bond acceptors (Lipinski definition) is 5. The number of halogens is 2. The summed E-state index contributed by atoms with van der Waals surface area (Å²) in [7, 11) is 0. The lowest BCUT2D eigenvalue weighted by molar-refractivity contribution is -0.119. The molecule has 3 rings (SSSR count). The van der Waals surface area contributed by atoms with Crippen LogP contribution in [0.25, 0.3) is 11.1 Å². The van der Waals surface area contributed by atoms with Crippen LogP contribution in [0, 0.1) is 5.82 Å². The molecule has 0 fully saturated rings. The number of amides is 1. The van der Waals surface area contributed by atoms with Crippen molar-refractivity contribution < 1.29 is 23.1 Å². The van der Waals surface area contributed by atoms with Crippen molar-refractivity contribution in [2.45, 2.75) is 0 Å². The molecule has 8 heteroatoms. The number of nitrogens with zero attached hydrogens (tertiary/aromatic N) is 1. The van der Waals surface area contributed by atoms with Crippen LogP contribution in [0.2, 0.25) is 0 Å². The maximum Gasteiger partial charge on any atom is 0.338 e. The zero-order valence-electron chi connectivity index (χ0n) is 12.1. The van der Waals surface area contributed by atoms with Crippen LogP contribution in [0.15, 0.2) is 51.7 Å². The number of esters is 1. The van der Waals surface area contributed by atoms with Crippen molar-refractivity contribution in [1.29, 1.82) is 0 Å². The van der Waals surface area contributed by atoms with E-state index in [0.29, 0.717) is 15.6 Å². The van der Waals surface area contributed by atoms with Gasteiger partial charge in [-0.1, -0.05) is 15.9 Å². The highest BCUT2D eigenvalue weighted by Gasteiger charge is 2.13. The number of rotatable bonds is 4. The fraction of sp³-hybridized carbons (Fsp3) is 0.0625. The average molecular weight is 393 g/mol. The minimum absolute atomic E-state index is 0.00302. The molecule has 0 unspecified atom stereocenters. The molecule has 0 saturated carbocycles. The van der Waals surface area contributed by atoms with E-state index in [0.717, 1.165) is 0 Å². The zero-order valence-corrected chi connectivity index (χ0v) is 13.7. The van der Waals surface area contributed by atoms with Gasteiger partial charge in [-0.3, -0.25) is 4.79 Å². The average Bonchev–Trinajstić information content (AvgIpc) is 3.03. The lowest BCUT2D eigenvalue weighted by atomic mass is 10.2. The third-order valence-electron chi connectivity index (χ3n) is 3.11. The second-order valence-corrected chi connectivity index (χ2v) is 5.70. The molecule has 1 aromatic heterocycles. The quantitative estimate of drug-likeness (QED) is 0.686. The normalized spacial score (nSPS) is 10.6. The van der Waals surface area contributed by atoms with Gasteiger partial charge in [-0.2, -0.15) is 0 Å². The van der Waals surface area contributed by atoms with Crippen LogP contribution < -0.4 is 5.32 Å². The van der Waals surface area contributed by atoms with Crippen LogP contribution in [-0.2, 0) is 9.53 Å². The molecule has 0 saturated heterocycles. The first-order valence-electron chi connectivity index (χ1n) is 6.78. The van der Waals surface area contributed by atoms with Crippen molar-refractivity contribution in [2.24, 2.45) is 0 Å². The highest BCUT2D eigenvalue weighted by Crippen LogP contribution is 2.19. The van der Waals surface area contributed by atoms with Crippen molar-refractivity contribution in [3.05, 3.63) is 58.6 Å². The molecule has 3 aromatic rings. The Morgan fingerprint density at radius 3 is 2.88 bits per heavy atom. The molecule has 1 heterocycles. The summed E-state index contributed by atoms with van der Waals surface area (Å²) in [6.07, 6.45) is 1.26. The Morgan fingerprint density at radius 1 is 1.25 bits per heavy atom. The Labute approximate surface area is 143 Å². The van der Waals surface area contributed by atoms with Gasteiger partial charge in [-0.25, -0.2) is 14.2 Å². The number of aromatic nitrogens is 1. The van der Waals surface area contributed by atoms with Crippen molar-refractivity contribution in [3.8, 4) is 0 Å². The molecule has 122 valence electrons. The lowest BCUT2D eigenvalue weighted by Crippen LogP contribution is -2.21. The van der Waals surface area contributed by atoms with E-state index in [2.05, 4.69) is 26.2 Å². The first kappa shape index (κ1) is 16.1. The maximum absolute atomic E-state index is 13.6. The molecule has 1 amide bonds. The Hall–Kier alpha value is -2.74. The molecule has 0 aliphatic carbocycles. The van der Waals surface area contributed by atoms with Crippen molar-refractivity contribution in [3.63, 3.8) is 0 Å². The van der Waals surface area contributed by atoms with Crippen LogP contribution in [0.5, 0.6) is 0 Å². The van der Waals surface area contributed by atoms with E-state index in [9.17, 15) is 14.0 Å². The molecule has 0 bridgehead atoms. The predicted octanol–water partition coefficient (Wildman–Crippen LogP) is 3.52. The van der Waals surface area contributed by atoms with Gasteiger partial charge < -0.3 is 14.5 Å². The number of fused-ring (bicyclic) bond motifs is 1. The molecule has 0 atom stereocenters. The van der Waals surface area contributed by atoms with Crippen LogP contribution in [0.1, 0.15) is 10.4 Å². The predicted molar refractivity (Wildman–Crippen MR) is 87.0 cm³/mol. The fourth-order valence-corrected chi connectivity index (χ4v) is 2.31. The van der Waals surface area contributed by atoms with Crippen molar-refractivity contribution in [2.75, 3.05) is 11.9 Å². The highest BCUT2D eigenvalue weighted by molar-refractivity contribution is 9.10. The number of benzene rings is 2. The Balaban J connectivity index is 1.60. The van der Waals surface area contributed by atoms with Gasteiger partial charge in [-0.05, 0) is 36.4 Å². The molecule has 6 nitrogen and oxygen atoms in total. The Kier molecular flexibility index (Phi) is 4.57. The zero-order chi connectivity index (χ0) is 17.1. The van der Waals surface area contributed by atoms with E-state index < -0.39 is 24.3 Å². The molecule has 24 heavy (non-hydrogen) atoms. The fourth-order valence-electron chi connectivity index (χ4n) is 1.98. The van der Waals surface area contributed by atoms with Gasteiger partial charge in [0.05, 0.1) is 11.3 Å². The second-order valence-electron chi connectivity index (χ2n) is 4.78. The van der Waals surface area contributed by atoms with Crippen LogP contribution in [-0.4, -0.2) is 23.5 Å². The summed E-state index contributed by atoms with van der Waals surface area (Å²) in [5, 5.41) is 2.33. The summed E-state index contributed by atoms with van der Waals surface area (Å²) < 4.78 is 24.2. The molecule has 0 aliphatic rings. The number of ether oxygens (including phenoxy) is 1. The smallest absolute Gasteiger partial charge is 0.338 e. The minimum Gasteiger partial charge on any atom is -0.452 e. The third-order valence-corrected chi connectivity index (χ3v) is 3.60. The van der Waals surface area contributed by atoms with Gasteiger partial charge in [0.1, 0.15) is 11.3 Å². The van der Waals surface area contributed by atoms with E-state index in [4.69, 9.17) is 9.15 Å². The first-order valence-corrected chi connectivity index (χ1v) is 7.57. The van der Waals surface area contributed by atoms with Gasteiger partial charge in [0.25, 0.3) is 5.91 Å². The van der Waals surface area contributed by atoms with E-state index in [1.807, 2.05) is 0 Å². The number of hydrogen-bond donors (Lipinski definition) is 1. The number of oxazole rings is 1. The van der Waals surface area contributed by atoms with E-state index in [1.54, 1.807) is 12.1 Å². The van der Waals surface area contributed by atoms with Gasteiger partial charge in [0.2, 0.25) is 0 Å². The molecule has 1 N–H and O–H groups in total. The second kappa shape index (κ2) is 6.79.